The molecule has 0 bridgehead atoms. The summed E-state index contributed by atoms with van der Waals surface area (Å²) in [5.41, 5.74) is 9.26. The molecule has 3 heteroatoms. The van der Waals surface area contributed by atoms with Crippen LogP contribution in [0.2, 0.25) is 0 Å². The smallest absolute Gasteiger partial charge is 0.125 e. The maximum atomic E-state index is 13.1. The van der Waals surface area contributed by atoms with Gasteiger partial charge in [0.05, 0.1) is 0 Å². The molecule has 0 amide bonds. The predicted octanol–water partition coefficient (Wildman–Crippen LogP) is 3.29. The van der Waals surface area contributed by atoms with E-state index < -0.39 is 0 Å². The van der Waals surface area contributed by atoms with E-state index in [2.05, 4.69) is 11.9 Å². The third kappa shape index (κ3) is 2.50. The number of hydrogen-bond acceptors (Lipinski definition) is 1. The first kappa shape index (κ1) is 12.1. The first-order chi connectivity index (χ1) is 8.11. The van der Waals surface area contributed by atoms with Crippen LogP contribution in [-0.2, 0) is 6.42 Å². The Bertz CT molecular complexity index is 516. The van der Waals surface area contributed by atoms with Gasteiger partial charge in [0.1, 0.15) is 5.82 Å². The lowest BCUT2D eigenvalue weighted by Crippen LogP contribution is -2.22. The molecule has 0 radical (unpaired) electrons. The van der Waals surface area contributed by atoms with E-state index in [-0.39, 0.29) is 11.9 Å². The molecule has 1 aromatic heterocycles. The van der Waals surface area contributed by atoms with Crippen LogP contribution in [-0.4, -0.2) is 11.0 Å². The van der Waals surface area contributed by atoms with Crippen molar-refractivity contribution in [2.75, 3.05) is 0 Å². The molecule has 0 aliphatic carbocycles. The highest BCUT2D eigenvalue weighted by atomic mass is 19.1. The van der Waals surface area contributed by atoms with E-state index in [1.165, 1.54) is 17.7 Å². The van der Waals surface area contributed by atoms with E-state index in [1.807, 2.05) is 13.0 Å². The number of aryl methyl sites for hydroxylation is 1. The molecule has 1 atom stereocenters. The van der Waals surface area contributed by atoms with Crippen molar-refractivity contribution in [1.82, 2.24) is 4.98 Å². The number of halogens is 1. The van der Waals surface area contributed by atoms with Crippen molar-refractivity contribution < 1.29 is 4.39 Å². The third-order valence-electron chi connectivity index (χ3n) is 3.21. The number of aromatic nitrogens is 1. The molecule has 0 fully saturated rings. The summed E-state index contributed by atoms with van der Waals surface area (Å²) in [6.45, 7) is 4.16. The summed E-state index contributed by atoms with van der Waals surface area (Å²) in [6, 6.07) is 5.06. The summed E-state index contributed by atoms with van der Waals surface area (Å²) in [7, 11) is 0. The molecule has 2 aromatic rings. The molecule has 0 aliphatic rings. The summed E-state index contributed by atoms with van der Waals surface area (Å²) in [6.07, 6.45) is 2.97. The largest absolute Gasteiger partial charge is 0.358 e. The van der Waals surface area contributed by atoms with Gasteiger partial charge >= 0.3 is 0 Å². The Kier molecular flexibility index (Phi) is 3.48. The zero-order chi connectivity index (χ0) is 12.4. The molecule has 0 saturated carbocycles. The molecule has 1 heterocycles. The van der Waals surface area contributed by atoms with Crippen molar-refractivity contribution >= 4 is 10.9 Å². The third-order valence-corrected chi connectivity index (χ3v) is 3.21. The molecular formula is C14H19FN2. The van der Waals surface area contributed by atoms with Crippen LogP contribution in [0.15, 0.2) is 18.2 Å². The number of nitrogens with one attached hydrogen (secondary N) is 1. The van der Waals surface area contributed by atoms with Gasteiger partial charge in [-0.05, 0) is 43.5 Å². The van der Waals surface area contributed by atoms with Crippen LogP contribution >= 0.6 is 0 Å². The van der Waals surface area contributed by atoms with Crippen molar-refractivity contribution in [2.45, 2.75) is 39.2 Å². The summed E-state index contributed by atoms with van der Waals surface area (Å²) < 4.78 is 13.1. The Morgan fingerprint density at radius 1 is 1.41 bits per heavy atom. The standard InChI is InChI=1S/C14H19FN2/c1-3-4-11(16)8-13-9(2)17-14-7-10(15)5-6-12(13)14/h5-7,11,17H,3-4,8,16H2,1-2H3. The van der Waals surface area contributed by atoms with Crippen LogP contribution in [0.1, 0.15) is 31.0 Å². The summed E-state index contributed by atoms with van der Waals surface area (Å²) >= 11 is 0. The molecule has 2 nitrogen and oxygen atoms in total. The highest BCUT2D eigenvalue weighted by Gasteiger charge is 2.12. The number of nitrogens with two attached hydrogens (primary N) is 1. The van der Waals surface area contributed by atoms with Crippen LogP contribution in [0, 0.1) is 12.7 Å². The molecule has 0 aliphatic heterocycles. The molecular weight excluding hydrogens is 215 g/mol. The minimum absolute atomic E-state index is 0.183. The van der Waals surface area contributed by atoms with Crippen LogP contribution in [0.25, 0.3) is 10.9 Å². The van der Waals surface area contributed by atoms with Gasteiger partial charge in [-0.3, -0.25) is 0 Å². The van der Waals surface area contributed by atoms with E-state index in [0.29, 0.717) is 0 Å². The zero-order valence-electron chi connectivity index (χ0n) is 10.4. The Labute approximate surface area is 101 Å². The lowest BCUT2D eigenvalue weighted by Gasteiger charge is -2.10. The molecule has 2 rings (SSSR count). The first-order valence-corrected chi connectivity index (χ1v) is 6.14. The number of H-pyrrole nitrogens is 1. The molecule has 1 unspecified atom stereocenters. The lowest BCUT2D eigenvalue weighted by molar-refractivity contribution is 0.600. The van der Waals surface area contributed by atoms with Gasteiger partial charge < -0.3 is 10.7 Å². The first-order valence-electron chi connectivity index (χ1n) is 6.14. The summed E-state index contributed by atoms with van der Waals surface area (Å²) in [5, 5.41) is 1.09. The summed E-state index contributed by atoms with van der Waals surface area (Å²) in [4.78, 5) is 3.22. The summed E-state index contributed by atoms with van der Waals surface area (Å²) in [5.74, 6) is -0.205. The maximum absolute atomic E-state index is 13.1. The maximum Gasteiger partial charge on any atom is 0.125 e. The fraction of sp³-hybridized carbons (Fsp3) is 0.429. The molecule has 92 valence electrons. The number of fused-ring (bicyclic) bond motifs is 1. The SMILES string of the molecule is CCCC(N)Cc1c(C)[nH]c2cc(F)ccc12. The van der Waals surface area contributed by atoms with Crippen molar-refractivity contribution in [1.29, 1.82) is 0 Å². The van der Waals surface area contributed by atoms with Crippen molar-refractivity contribution in [2.24, 2.45) is 5.73 Å². The van der Waals surface area contributed by atoms with E-state index >= 15 is 0 Å². The average molecular weight is 234 g/mol. The Hall–Kier alpha value is -1.35. The van der Waals surface area contributed by atoms with Crippen molar-refractivity contribution in [3.63, 3.8) is 0 Å². The van der Waals surface area contributed by atoms with E-state index in [0.717, 1.165) is 35.9 Å². The number of aromatic amines is 1. The fourth-order valence-corrected chi connectivity index (χ4v) is 2.36. The van der Waals surface area contributed by atoms with Crippen LogP contribution in [0.3, 0.4) is 0 Å². The Morgan fingerprint density at radius 3 is 2.88 bits per heavy atom. The average Bonchev–Trinajstić information content (AvgIpc) is 2.55. The van der Waals surface area contributed by atoms with Crippen LogP contribution in [0.4, 0.5) is 4.39 Å². The fourth-order valence-electron chi connectivity index (χ4n) is 2.36. The minimum Gasteiger partial charge on any atom is -0.358 e. The lowest BCUT2D eigenvalue weighted by atomic mass is 10.0. The van der Waals surface area contributed by atoms with Crippen LogP contribution in [0.5, 0.6) is 0 Å². The van der Waals surface area contributed by atoms with Gasteiger partial charge in [0.15, 0.2) is 0 Å². The van der Waals surface area contributed by atoms with Gasteiger partial charge in [0, 0.05) is 22.6 Å². The van der Waals surface area contributed by atoms with Gasteiger partial charge in [-0.25, -0.2) is 4.39 Å². The normalized spacial score (nSPS) is 13.2. The number of hydrogen-bond donors (Lipinski definition) is 2. The van der Waals surface area contributed by atoms with Crippen LogP contribution < -0.4 is 5.73 Å². The van der Waals surface area contributed by atoms with Gasteiger partial charge in [0.2, 0.25) is 0 Å². The van der Waals surface area contributed by atoms with Gasteiger partial charge in [0.25, 0.3) is 0 Å². The Balaban J connectivity index is 2.36. The van der Waals surface area contributed by atoms with Crippen molar-refractivity contribution in [3.8, 4) is 0 Å². The van der Waals surface area contributed by atoms with Crippen molar-refractivity contribution in [3.05, 3.63) is 35.3 Å². The minimum atomic E-state index is -0.205. The number of rotatable bonds is 4. The van der Waals surface area contributed by atoms with Gasteiger partial charge in [-0.2, -0.15) is 0 Å². The highest BCUT2D eigenvalue weighted by Crippen LogP contribution is 2.24. The van der Waals surface area contributed by atoms with E-state index in [9.17, 15) is 4.39 Å². The molecule has 0 spiro atoms. The van der Waals surface area contributed by atoms with E-state index in [1.54, 1.807) is 0 Å². The number of benzene rings is 1. The second-order valence-electron chi connectivity index (χ2n) is 4.67. The van der Waals surface area contributed by atoms with Gasteiger partial charge in [-0.1, -0.05) is 13.3 Å². The second-order valence-corrected chi connectivity index (χ2v) is 4.67. The second kappa shape index (κ2) is 4.88. The molecule has 17 heavy (non-hydrogen) atoms. The molecule has 1 aromatic carbocycles. The highest BCUT2D eigenvalue weighted by molar-refractivity contribution is 5.84. The van der Waals surface area contributed by atoms with Gasteiger partial charge in [-0.15, -0.1) is 0 Å². The quantitative estimate of drug-likeness (QED) is 0.837. The topological polar surface area (TPSA) is 41.8 Å². The predicted molar refractivity (Wildman–Crippen MR) is 69.6 cm³/mol. The zero-order valence-corrected chi connectivity index (χ0v) is 10.4. The van der Waals surface area contributed by atoms with E-state index in [4.69, 9.17) is 5.73 Å². The molecule has 0 saturated heterocycles. The molecule has 3 N–H and O–H groups in total. The Morgan fingerprint density at radius 2 is 2.18 bits per heavy atom. The monoisotopic (exact) mass is 234 g/mol.